The summed E-state index contributed by atoms with van der Waals surface area (Å²) in [4.78, 5) is 33.4. The summed E-state index contributed by atoms with van der Waals surface area (Å²) >= 11 is 8.46. The fourth-order valence-electron chi connectivity index (χ4n) is 5.02. The molecule has 0 spiro atoms. The van der Waals surface area contributed by atoms with Crippen molar-refractivity contribution in [1.82, 2.24) is 14.8 Å². The lowest BCUT2D eigenvalue weighted by Crippen LogP contribution is -2.35. The van der Waals surface area contributed by atoms with Crippen molar-refractivity contribution in [1.29, 1.82) is 0 Å². The van der Waals surface area contributed by atoms with Crippen LogP contribution in [0.25, 0.3) is 28.1 Å². The van der Waals surface area contributed by atoms with Crippen LogP contribution in [0.3, 0.4) is 0 Å². The summed E-state index contributed by atoms with van der Waals surface area (Å²) < 4.78 is 12.0. The maximum Gasteiger partial charge on any atom is 0.335 e. The molecule has 6 rings (SSSR count). The van der Waals surface area contributed by atoms with Gasteiger partial charge in [0, 0.05) is 48.3 Å². The van der Waals surface area contributed by atoms with Gasteiger partial charge in [-0.1, -0.05) is 30.0 Å². The van der Waals surface area contributed by atoms with Gasteiger partial charge < -0.3 is 19.6 Å². The third-order valence-corrected chi connectivity index (χ3v) is 9.50. The molecule has 0 bridgehead atoms. The number of aromatic carboxylic acids is 1. The number of morpholine rings is 1. The quantitative estimate of drug-likeness (QED) is 0.125. The highest BCUT2D eigenvalue weighted by molar-refractivity contribution is 8.26. The van der Waals surface area contributed by atoms with E-state index in [1.165, 1.54) is 11.8 Å². The van der Waals surface area contributed by atoms with E-state index in [2.05, 4.69) is 45.6 Å². The minimum Gasteiger partial charge on any atom is -0.493 e. The zero-order valence-electron chi connectivity index (χ0n) is 22.7. The van der Waals surface area contributed by atoms with Crippen LogP contribution in [0.2, 0.25) is 0 Å². The Hall–Kier alpha value is -3.48. The summed E-state index contributed by atoms with van der Waals surface area (Å²) in [6.07, 6.45) is 4.44. The van der Waals surface area contributed by atoms with Gasteiger partial charge in [-0.05, 0) is 76.9 Å². The number of carboxylic acids is 1. The molecule has 2 saturated heterocycles. The Kier molecular flexibility index (Phi) is 8.73. The molecule has 4 heterocycles. The molecule has 4 aromatic rings. The Morgan fingerprint density at radius 2 is 1.98 bits per heavy atom. The Morgan fingerprint density at radius 3 is 2.81 bits per heavy atom. The minimum absolute atomic E-state index is 0.0903. The molecular formula is C31H29N3O5S3. The monoisotopic (exact) mass is 619 g/mol. The standard InChI is InChI=1S/C31H29N3O5S3/c35-29-28(17-25-16-24(19-41-25)20-2-4-26-21(14-20)6-7-32-26)42-31(40)34(29)8-1-11-39-27-5-3-22(30(36)37)15-23(27)18-33-9-12-38-13-10-33/h2-7,14-17,19,32H,1,8-13,18H2,(H,36,37)/b28-17-. The van der Waals surface area contributed by atoms with E-state index < -0.39 is 5.97 Å². The predicted molar refractivity (Wildman–Crippen MR) is 171 cm³/mol. The number of amides is 1. The number of aromatic amines is 1. The molecule has 0 unspecified atom stereocenters. The van der Waals surface area contributed by atoms with Crippen LogP contribution >= 0.6 is 35.3 Å². The van der Waals surface area contributed by atoms with Crippen molar-refractivity contribution in [3.05, 3.63) is 81.0 Å². The molecule has 2 aromatic heterocycles. The van der Waals surface area contributed by atoms with Gasteiger partial charge in [0.15, 0.2) is 0 Å². The Balaban J connectivity index is 1.06. The third kappa shape index (κ3) is 6.45. The van der Waals surface area contributed by atoms with Crippen molar-refractivity contribution < 1.29 is 24.2 Å². The van der Waals surface area contributed by atoms with Gasteiger partial charge in [-0.15, -0.1) is 11.3 Å². The number of ether oxygens (including phenoxy) is 2. The Morgan fingerprint density at radius 1 is 1.12 bits per heavy atom. The first-order chi connectivity index (χ1) is 20.4. The molecule has 0 atom stereocenters. The first-order valence-corrected chi connectivity index (χ1v) is 15.8. The second-order valence-electron chi connectivity index (χ2n) is 10.1. The smallest absolute Gasteiger partial charge is 0.335 e. The Bertz CT molecular complexity index is 1670. The number of thiophene rings is 1. The summed E-state index contributed by atoms with van der Waals surface area (Å²) in [7, 11) is 0. The van der Waals surface area contributed by atoms with Crippen LogP contribution in [0.1, 0.15) is 27.2 Å². The second-order valence-corrected chi connectivity index (χ2v) is 12.7. The van der Waals surface area contributed by atoms with Crippen LogP contribution in [-0.4, -0.2) is 75.5 Å². The highest BCUT2D eigenvalue weighted by atomic mass is 32.2. The highest BCUT2D eigenvalue weighted by Crippen LogP contribution is 2.35. The lowest BCUT2D eigenvalue weighted by Gasteiger charge is -2.27. The van der Waals surface area contributed by atoms with Crippen LogP contribution < -0.4 is 4.74 Å². The van der Waals surface area contributed by atoms with Crippen molar-refractivity contribution in [2.75, 3.05) is 39.5 Å². The number of hydrogen-bond donors (Lipinski definition) is 2. The summed E-state index contributed by atoms with van der Waals surface area (Å²) in [5.74, 6) is -0.405. The van der Waals surface area contributed by atoms with Gasteiger partial charge in [-0.3, -0.25) is 14.6 Å². The number of benzene rings is 2. The Labute approximate surface area is 256 Å². The van der Waals surface area contributed by atoms with E-state index in [1.54, 1.807) is 34.4 Å². The zero-order valence-corrected chi connectivity index (χ0v) is 25.2. The molecule has 0 saturated carbocycles. The van der Waals surface area contributed by atoms with Crippen LogP contribution in [0, 0.1) is 0 Å². The molecule has 0 aliphatic carbocycles. The van der Waals surface area contributed by atoms with Gasteiger partial charge in [-0.25, -0.2) is 4.79 Å². The number of fused-ring (bicyclic) bond motifs is 1. The molecule has 0 radical (unpaired) electrons. The molecule has 2 N–H and O–H groups in total. The van der Waals surface area contributed by atoms with Crippen LogP contribution in [0.4, 0.5) is 0 Å². The fraction of sp³-hybridized carbons (Fsp3) is 0.258. The first-order valence-electron chi connectivity index (χ1n) is 13.7. The third-order valence-electron chi connectivity index (χ3n) is 7.24. The molecule has 8 nitrogen and oxygen atoms in total. The lowest BCUT2D eigenvalue weighted by atomic mass is 10.1. The van der Waals surface area contributed by atoms with Crippen LogP contribution in [-0.2, 0) is 16.1 Å². The molecule has 2 aliphatic heterocycles. The number of carbonyl (C=O) groups excluding carboxylic acids is 1. The van der Waals surface area contributed by atoms with Gasteiger partial charge in [0.05, 0.1) is 30.3 Å². The first kappa shape index (κ1) is 28.6. The van der Waals surface area contributed by atoms with Gasteiger partial charge in [0.25, 0.3) is 5.91 Å². The molecule has 42 heavy (non-hydrogen) atoms. The number of carboxylic acid groups (broad SMARTS) is 1. The van der Waals surface area contributed by atoms with E-state index >= 15 is 0 Å². The largest absolute Gasteiger partial charge is 0.493 e. The molecule has 2 fully saturated rings. The maximum atomic E-state index is 13.2. The molecule has 1 amide bonds. The van der Waals surface area contributed by atoms with E-state index in [4.69, 9.17) is 21.7 Å². The van der Waals surface area contributed by atoms with Crippen LogP contribution in [0.15, 0.2) is 65.0 Å². The number of nitrogens with zero attached hydrogens (tertiary/aromatic N) is 2. The second kappa shape index (κ2) is 12.8. The number of thioether (sulfide) groups is 1. The van der Waals surface area contributed by atoms with Crippen molar-refractivity contribution in [3.8, 4) is 16.9 Å². The molecule has 216 valence electrons. The number of H-pyrrole nitrogens is 1. The van der Waals surface area contributed by atoms with E-state index in [0.717, 1.165) is 45.6 Å². The highest BCUT2D eigenvalue weighted by Gasteiger charge is 2.31. The van der Waals surface area contributed by atoms with Gasteiger partial charge in [0.2, 0.25) is 0 Å². The number of aromatic nitrogens is 1. The van der Waals surface area contributed by atoms with Crippen molar-refractivity contribution >= 4 is 68.5 Å². The van der Waals surface area contributed by atoms with Crippen LogP contribution in [0.5, 0.6) is 5.75 Å². The lowest BCUT2D eigenvalue weighted by molar-refractivity contribution is -0.122. The average Bonchev–Trinajstić information content (AvgIpc) is 3.72. The van der Waals surface area contributed by atoms with Crippen molar-refractivity contribution in [2.45, 2.75) is 13.0 Å². The number of rotatable bonds is 10. The average molecular weight is 620 g/mol. The molecule has 11 heteroatoms. The van der Waals surface area contributed by atoms with E-state index in [9.17, 15) is 14.7 Å². The van der Waals surface area contributed by atoms with E-state index in [1.807, 2.05) is 12.3 Å². The topological polar surface area (TPSA) is 95.1 Å². The number of thiocarbonyl (C=S) groups is 1. The van der Waals surface area contributed by atoms with Crippen molar-refractivity contribution in [3.63, 3.8) is 0 Å². The normalized spacial score (nSPS) is 17.0. The predicted octanol–water partition coefficient (Wildman–Crippen LogP) is 6.10. The molecule has 2 aliphatic rings. The summed E-state index contributed by atoms with van der Waals surface area (Å²) in [6.45, 7) is 4.29. The molecule has 2 aromatic carbocycles. The fourth-order valence-corrected chi connectivity index (χ4v) is 7.24. The van der Waals surface area contributed by atoms with Gasteiger partial charge in [0.1, 0.15) is 10.1 Å². The van der Waals surface area contributed by atoms with Crippen molar-refractivity contribution in [2.24, 2.45) is 0 Å². The van der Waals surface area contributed by atoms with Gasteiger partial charge >= 0.3 is 5.97 Å². The number of hydrogen-bond acceptors (Lipinski definition) is 8. The van der Waals surface area contributed by atoms with E-state index in [-0.39, 0.29) is 11.5 Å². The summed E-state index contributed by atoms with van der Waals surface area (Å²) in [6, 6.07) is 15.4. The maximum absolute atomic E-state index is 13.2. The molecular weight excluding hydrogens is 591 g/mol. The minimum atomic E-state index is -0.968. The summed E-state index contributed by atoms with van der Waals surface area (Å²) in [5, 5.41) is 12.7. The SMILES string of the molecule is O=C(O)c1ccc(OCCCN2C(=O)/C(=C/c3cc(-c4ccc5[nH]ccc5c4)cs3)SC2=S)c(CN2CCOCC2)c1. The van der Waals surface area contributed by atoms with Gasteiger partial charge in [-0.2, -0.15) is 0 Å². The number of nitrogens with one attached hydrogen (secondary N) is 1. The van der Waals surface area contributed by atoms with E-state index in [0.29, 0.717) is 54.3 Å². The summed E-state index contributed by atoms with van der Waals surface area (Å²) in [5.41, 5.74) is 4.42. The number of carbonyl (C=O) groups is 2. The zero-order chi connectivity index (χ0) is 29.1.